The van der Waals surface area contributed by atoms with Crippen molar-refractivity contribution in [1.29, 1.82) is 0 Å². The minimum absolute atomic E-state index is 0.209. The van der Waals surface area contributed by atoms with Gasteiger partial charge in [0.1, 0.15) is 9.92 Å². The third-order valence-corrected chi connectivity index (χ3v) is 3.65. The van der Waals surface area contributed by atoms with E-state index in [1.165, 1.54) is 0 Å². The van der Waals surface area contributed by atoms with E-state index in [0.717, 1.165) is 12.1 Å². The molecule has 0 aliphatic rings. The summed E-state index contributed by atoms with van der Waals surface area (Å²) < 4.78 is 22.7. The lowest BCUT2D eigenvalue weighted by Gasteiger charge is -2.10. The first kappa shape index (κ1) is 16.3. The molecule has 0 bridgehead atoms. The molecule has 1 aromatic rings. The molecular weight excluding hydrogens is 310 g/mol. The molecule has 0 spiro atoms. The Balaban J connectivity index is 3.53. The number of halogens is 1. The predicted octanol–water partition coefficient (Wildman–Crippen LogP) is 1.03. The van der Waals surface area contributed by atoms with Crippen LogP contribution in [0.1, 0.15) is 24.2 Å². The van der Waals surface area contributed by atoms with Gasteiger partial charge in [-0.1, -0.05) is 11.6 Å². The zero-order valence-electron chi connectivity index (χ0n) is 10.6. The first-order chi connectivity index (χ1) is 9.04. The van der Waals surface area contributed by atoms with Crippen LogP contribution in [-0.2, 0) is 10.0 Å². The van der Waals surface area contributed by atoms with Gasteiger partial charge < -0.3 is 5.32 Å². The van der Waals surface area contributed by atoms with Crippen molar-refractivity contribution >= 4 is 33.2 Å². The molecule has 0 heterocycles. The first-order valence-corrected chi connectivity index (χ1v) is 7.28. The molecule has 0 aromatic heterocycles. The van der Waals surface area contributed by atoms with Crippen LogP contribution in [0.15, 0.2) is 17.0 Å². The number of nitro groups is 1. The summed E-state index contributed by atoms with van der Waals surface area (Å²) in [5, 5.41) is 17.6. The van der Waals surface area contributed by atoms with Crippen LogP contribution in [0.3, 0.4) is 0 Å². The molecule has 0 aliphatic carbocycles. The van der Waals surface area contributed by atoms with Crippen molar-refractivity contribution in [3.05, 3.63) is 32.8 Å². The van der Waals surface area contributed by atoms with Gasteiger partial charge in [0, 0.05) is 17.7 Å². The molecule has 110 valence electrons. The number of nitro benzene ring substituents is 1. The second kappa shape index (κ2) is 5.73. The maximum Gasteiger partial charge on any atom is 0.290 e. The van der Waals surface area contributed by atoms with Gasteiger partial charge in [0.05, 0.1) is 4.92 Å². The Morgan fingerprint density at radius 2 is 2.00 bits per heavy atom. The van der Waals surface area contributed by atoms with Crippen molar-refractivity contribution in [2.24, 2.45) is 5.14 Å². The molecule has 8 nitrogen and oxygen atoms in total. The number of primary sulfonamides is 1. The Kier molecular flexibility index (Phi) is 4.69. The van der Waals surface area contributed by atoms with Gasteiger partial charge in [-0.25, -0.2) is 13.6 Å². The van der Waals surface area contributed by atoms with E-state index in [1.807, 2.05) is 0 Å². The minimum Gasteiger partial charge on any atom is -0.350 e. The predicted molar refractivity (Wildman–Crippen MR) is 72.1 cm³/mol. The highest BCUT2D eigenvalue weighted by molar-refractivity contribution is 7.89. The van der Waals surface area contributed by atoms with E-state index in [-0.39, 0.29) is 11.6 Å². The topological polar surface area (TPSA) is 132 Å². The molecule has 0 saturated carbocycles. The molecule has 1 rings (SSSR count). The lowest BCUT2D eigenvalue weighted by atomic mass is 10.2. The van der Waals surface area contributed by atoms with Crippen LogP contribution < -0.4 is 10.5 Å². The second-order valence-electron chi connectivity index (χ2n) is 4.24. The Labute approximate surface area is 120 Å². The summed E-state index contributed by atoms with van der Waals surface area (Å²) in [5.41, 5.74) is -0.911. The van der Waals surface area contributed by atoms with Gasteiger partial charge in [0.15, 0.2) is 0 Å². The number of hydrogen-bond donors (Lipinski definition) is 2. The summed E-state index contributed by atoms with van der Waals surface area (Å²) in [4.78, 5) is 21.1. The molecule has 0 fully saturated rings. The molecule has 0 saturated heterocycles. The van der Waals surface area contributed by atoms with Gasteiger partial charge >= 0.3 is 0 Å². The van der Waals surface area contributed by atoms with Gasteiger partial charge in [-0.2, -0.15) is 0 Å². The number of amides is 1. The number of sulfonamides is 1. The van der Waals surface area contributed by atoms with Crippen LogP contribution in [0.2, 0.25) is 5.02 Å². The zero-order valence-corrected chi connectivity index (χ0v) is 12.2. The van der Waals surface area contributed by atoms with Gasteiger partial charge in [-0.05, 0) is 19.9 Å². The van der Waals surface area contributed by atoms with E-state index in [2.05, 4.69) is 5.32 Å². The number of hydrogen-bond acceptors (Lipinski definition) is 5. The van der Waals surface area contributed by atoms with Crippen molar-refractivity contribution < 1.29 is 18.1 Å². The molecule has 0 aliphatic heterocycles. The smallest absolute Gasteiger partial charge is 0.290 e. The van der Waals surface area contributed by atoms with E-state index in [9.17, 15) is 23.3 Å². The van der Waals surface area contributed by atoms with Crippen LogP contribution in [0, 0.1) is 10.1 Å². The van der Waals surface area contributed by atoms with Crippen molar-refractivity contribution in [2.45, 2.75) is 24.8 Å². The van der Waals surface area contributed by atoms with Gasteiger partial charge in [0.2, 0.25) is 10.0 Å². The Hall–Kier alpha value is -1.71. The summed E-state index contributed by atoms with van der Waals surface area (Å²) in [5.74, 6) is -0.662. The standard InChI is InChI=1S/C10H12ClN3O5S/c1-5(2)13-10(15)6-3-7(14(16)17)9(11)8(4-6)20(12,18)19/h3-5H,1-2H3,(H,13,15)(H2,12,18,19). The van der Waals surface area contributed by atoms with E-state index in [4.69, 9.17) is 16.7 Å². The van der Waals surface area contributed by atoms with Crippen LogP contribution in [-0.4, -0.2) is 25.3 Å². The third kappa shape index (κ3) is 3.65. The summed E-state index contributed by atoms with van der Waals surface area (Å²) in [6, 6.07) is 1.58. The molecule has 20 heavy (non-hydrogen) atoms. The molecule has 0 atom stereocenters. The molecule has 10 heteroatoms. The largest absolute Gasteiger partial charge is 0.350 e. The van der Waals surface area contributed by atoms with Crippen LogP contribution >= 0.6 is 11.6 Å². The number of carbonyl (C=O) groups is 1. The third-order valence-electron chi connectivity index (χ3n) is 2.21. The normalized spacial score (nSPS) is 11.4. The van der Waals surface area contributed by atoms with Gasteiger partial charge in [0.25, 0.3) is 11.6 Å². The Bertz CT molecular complexity index is 672. The fourth-order valence-electron chi connectivity index (χ4n) is 1.40. The number of nitrogens with one attached hydrogen (secondary N) is 1. The molecule has 0 unspecified atom stereocenters. The van der Waals surface area contributed by atoms with Crippen LogP contribution in [0.25, 0.3) is 0 Å². The highest BCUT2D eigenvalue weighted by Crippen LogP contribution is 2.32. The number of nitrogens with two attached hydrogens (primary N) is 1. The fraction of sp³-hybridized carbons (Fsp3) is 0.300. The zero-order chi connectivity index (χ0) is 15.7. The van der Waals surface area contributed by atoms with E-state index < -0.39 is 36.5 Å². The molecule has 0 radical (unpaired) electrons. The van der Waals surface area contributed by atoms with E-state index >= 15 is 0 Å². The number of nitrogens with zero attached hydrogens (tertiary/aromatic N) is 1. The average molecular weight is 322 g/mol. The SMILES string of the molecule is CC(C)NC(=O)c1cc([N+](=O)[O-])c(Cl)c(S(N)(=O)=O)c1. The van der Waals surface area contributed by atoms with E-state index in [1.54, 1.807) is 13.8 Å². The highest BCUT2D eigenvalue weighted by atomic mass is 35.5. The maximum atomic E-state index is 11.8. The van der Waals surface area contributed by atoms with Gasteiger partial charge in [-0.15, -0.1) is 0 Å². The monoisotopic (exact) mass is 321 g/mol. The molecule has 3 N–H and O–H groups in total. The van der Waals surface area contributed by atoms with Crippen LogP contribution in [0.4, 0.5) is 5.69 Å². The molecule has 1 aromatic carbocycles. The lowest BCUT2D eigenvalue weighted by molar-refractivity contribution is -0.384. The minimum atomic E-state index is -4.29. The summed E-state index contributed by atoms with van der Waals surface area (Å²) in [7, 11) is -4.29. The molecule has 1 amide bonds. The highest BCUT2D eigenvalue weighted by Gasteiger charge is 2.26. The number of rotatable bonds is 4. The maximum absolute atomic E-state index is 11.8. The summed E-state index contributed by atoms with van der Waals surface area (Å²) >= 11 is 5.64. The summed E-state index contributed by atoms with van der Waals surface area (Å²) in [6.45, 7) is 3.37. The lowest BCUT2D eigenvalue weighted by Crippen LogP contribution is -2.30. The first-order valence-electron chi connectivity index (χ1n) is 5.35. The fourth-order valence-corrected chi connectivity index (χ4v) is 2.55. The van der Waals surface area contributed by atoms with Crippen molar-refractivity contribution in [2.75, 3.05) is 0 Å². The average Bonchev–Trinajstić information content (AvgIpc) is 2.25. The quantitative estimate of drug-likeness (QED) is 0.631. The van der Waals surface area contributed by atoms with Crippen molar-refractivity contribution in [3.8, 4) is 0 Å². The second-order valence-corrected chi connectivity index (χ2v) is 6.15. The number of carbonyl (C=O) groups excluding carboxylic acids is 1. The Morgan fingerprint density at radius 3 is 2.40 bits per heavy atom. The number of benzene rings is 1. The molecular formula is C10H12ClN3O5S. The van der Waals surface area contributed by atoms with Crippen molar-refractivity contribution in [1.82, 2.24) is 5.32 Å². The van der Waals surface area contributed by atoms with E-state index in [0.29, 0.717) is 0 Å². The van der Waals surface area contributed by atoms with Gasteiger partial charge in [-0.3, -0.25) is 14.9 Å². The van der Waals surface area contributed by atoms with Crippen molar-refractivity contribution in [3.63, 3.8) is 0 Å². The Morgan fingerprint density at radius 1 is 1.45 bits per heavy atom. The summed E-state index contributed by atoms with van der Waals surface area (Å²) in [6.07, 6.45) is 0. The van der Waals surface area contributed by atoms with Crippen LogP contribution in [0.5, 0.6) is 0 Å².